The second kappa shape index (κ2) is 14.5. The maximum Gasteiger partial charge on any atom is 0.306 e. The van der Waals surface area contributed by atoms with Gasteiger partial charge >= 0.3 is 11.9 Å². The van der Waals surface area contributed by atoms with E-state index in [4.69, 9.17) is 51.5 Å². The molecule has 0 radical (unpaired) electrons. The van der Waals surface area contributed by atoms with Crippen molar-refractivity contribution in [1.29, 1.82) is 0 Å². The van der Waals surface area contributed by atoms with Gasteiger partial charge in [-0.25, -0.2) is 25.4 Å². The topological polar surface area (TPSA) is 138 Å². The van der Waals surface area contributed by atoms with Gasteiger partial charge in [0.1, 0.15) is 9.79 Å². The summed E-state index contributed by atoms with van der Waals surface area (Å²) in [5, 5.41) is 8.71. The maximum atomic E-state index is 12.2. The van der Waals surface area contributed by atoms with Crippen molar-refractivity contribution >= 4 is 78.4 Å². The van der Waals surface area contributed by atoms with E-state index >= 15 is 0 Å². The minimum Gasteiger partial charge on any atom is -0.481 e. The highest BCUT2D eigenvalue weighted by Crippen LogP contribution is 2.31. The van der Waals surface area contributed by atoms with Crippen LogP contribution >= 0.6 is 46.4 Å². The van der Waals surface area contributed by atoms with E-state index in [1.165, 1.54) is 57.6 Å². The molecule has 2 aromatic rings. The number of carbonyl (C=O) groups excluding carboxylic acids is 1. The molecule has 0 fully saturated rings. The van der Waals surface area contributed by atoms with Crippen molar-refractivity contribution in [1.82, 2.24) is 8.61 Å². The third kappa shape index (κ3) is 9.25. The number of halogens is 4. The number of rotatable bonds is 10. The predicted octanol–water partition coefficient (Wildman–Crippen LogP) is 4.27. The number of ether oxygens (including phenoxy) is 1. The second-order valence-electron chi connectivity index (χ2n) is 7.23. The quantitative estimate of drug-likeness (QED) is 0.381. The van der Waals surface area contributed by atoms with E-state index in [-0.39, 0.29) is 55.8 Å². The number of hydrogen-bond acceptors (Lipinski definition) is 7. The van der Waals surface area contributed by atoms with Gasteiger partial charge in [0.05, 0.1) is 40.0 Å². The van der Waals surface area contributed by atoms with Crippen molar-refractivity contribution in [3.63, 3.8) is 0 Å². The van der Waals surface area contributed by atoms with Crippen molar-refractivity contribution in [2.24, 2.45) is 0 Å². The number of methoxy groups -OCH3 is 1. The van der Waals surface area contributed by atoms with Gasteiger partial charge in [-0.2, -0.15) is 0 Å². The summed E-state index contributed by atoms with van der Waals surface area (Å²) in [5.74, 6) is -1.56. The Bertz CT molecular complexity index is 1340. The van der Waals surface area contributed by atoms with Gasteiger partial charge < -0.3 is 9.84 Å². The molecule has 0 bridgehead atoms. The molecule has 10 nitrogen and oxygen atoms in total. The van der Waals surface area contributed by atoms with Crippen LogP contribution in [0.25, 0.3) is 0 Å². The molecule has 0 atom stereocenters. The van der Waals surface area contributed by atoms with Crippen LogP contribution in [-0.4, -0.2) is 76.8 Å². The van der Waals surface area contributed by atoms with E-state index in [0.29, 0.717) is 0 Å². The molecular formula is C21H24Cl4N2O8S2. The Balaban J connectivity index is 0.000000371. The minimum absolute atomic E-state index is 0.00213. The normalized spacial score (nSPS) is 11.7. The summed E-state index contributed by atoms with van der Waals surface area (Å²) in [6, 6.07) is 8.61. The van der Waals surface area contributed by atoms with E-state index in [0.717, 1.165) is 8.61 Å². The standard InChI is InChI=1S/C11H13Cl2NO4S.C10H11Cl2NO4S/c1-14(7-6-10(15)18-2)19(16,17)9-5-3-4-8(12)11(9)13;1-13(6-5-9(14)15)18(16,17)8-4-2-3-7(11)10(8)12/h3-5H,6-7H2,1-2H3;2-4H,5-6H2,1H3,(H,14,15). The van der Waals surface area contributed by atoms with Gasteiger partial charge in [0.2, 0.25) is 20.0 Å². The molecule has 0 saturated carbocycles. The SMILES string of the molecule is CN(CCC(=O)O)S(=O)(=O)c1cccc(Cl)c1Cl.COC(=O)CCN(C)S(=O)(=O)c1cccc(Cl)c1Cl. The van der Waals surface area contributed by atoms with Gasteiger partial charge in [0, 0.05) is 27.2 Å². The first-order chi connectivity index (χ1) is 17.1. The lowest BCUT2D eigenvalue weighted by molar-refractivity contribution is -0.140. The van der Waals surface area contributed by atoms with Crippen LogP contribution < -0.4 is 0 Å². The smallest absolute Gasteiger partial charge is 0.306 e. The highest BCUT2D eigenvalue weighted by molar-refractivity contribution is 7.89. The van der Waals surface area contributed by atoms with Crippen molar-refractivity contribution < 1.29 is 36.3 Å². The fourth-order valence-corrected chi connectivity index (χ4v) is 6.35. The molecule has 0 saturated heterocycles. The lowest BCUT2D eigenvalue weighted by Crippen LogP contribution is -2.29. The van der Waals surface area contributed by atoms with Crippen LogP contribution in [0.2, 0.25) is 20.1 Å². The van der Waals surface area contributed by atoms with E-state index in [1.807, 2.05) is 0 Å². The Labute approximate surface area is 235 Å². The molecular weight excluding hydrogens is 614 g/mol. The zero-order valence-electron chi connectivity index (χ0n) is 19.8. The van der Waals surface area contributed by atoms with Crippen molar-refractivity contribution in [2.75, 3.05) is 34.3 Å². The highest BCUT2D eigenvalue weighted by atomic mass is 35.5. The van der Waals surface area contributed by atoms with Crippen LogP contribution in [0.5, 0.6) is 0 Å². The minimum atomic E-state index is -3.83. The fraction of sp³-hybridized carbons (Fsp3) is 0.333. The molecule has 1 N–H and O–H groups in total. The fourth-order valence-electron chi connectivity index (χ4n) is 2.55. The second-order valence-corrected chi connectivity index (χ2v) is 12.8. The van der Waals surface area contributed by atoms with Gasteiger partial charge in [0.25, 0.3) is 0 Å². The lowest BCUT2D eigenvalue weighted by Gasteiger charge is -2.17. The zero-order valence-corrected chi connectivity index (χ0v) is 24.5. The van der Waals surface area contributed by atoms with Crippen LogP contribution in [0.4, 0.5) is 0 Å². The lowest BCUT2D eigenvalue weighted by atomic mass is 10.4. The summed E-state index contributed by atoms with van der Waals surface area (Å²) in [5.41, 5.74) is 0. The number of hydrogen-bond donors (Lipinski definition) is 1. The first-order valence-corrected chi connectivity index (χ1v) is 14.6. The zero-order chi connectivity index (χ0) is 28.6. The Hall–Kier alpha value is -1.64. The Morgan fingerprint density at radius 2 is 1.16 bits per heavy atom. The van der Waals surface area contributed by atoms with Crippen LogP contribution in [0.3, 0.4) is 0 Å². The average molecular weight is 638 g/mol. The number of carboxylic acids is 1. The molecule has 0 heterocycles. The number of esters is 1. The summed E-state index contributed by atoms with van der Waals surface area (Å²) in [6.45, 7) is -0.141. The summed E-state index contributed by atoms with van der Waals surface area (Å²) >= 11 is 23.2. The predicted molar refractivity (Wildman–Crippen MR) is 141 cm³/mol. The van der Waals surface area contributed by atoms with E-state index in [2.05, 4.69) is 4.74 Å². The number of aliphatic carboxylic acids is 1. The monoisotopic (exact) mass is 636 g/mol. The molecule has 16 heteroatoms. The number of carboxylic acid groups (broad SMARTS) is 1. The number of benzene rings is 2. The Morgan fingerprint density at radius 1 is 0.784 bits per heavy atom. The highest BCUT2D eigenvalue weighted by Gasteiger charge is 2.26. The summed E-state index contributed by atoms with van der Waals surface area (Å²) in [4.78, 5) is 21.2. The van der Waals surface area contributed by atoms with Crippen molar-refractivity contribution in [3.05, 3.63) is 56.5 Å². The molecule has 0 unspecified atom stereocenters. The number of sulfonamides is 2. The number of nitrogens with zero attached hydrogens (tertiary/aromatic N) is 2. The van der Waals surface area contributed by atoms with Gasteiger partial charge in [-0.15, -0.1) is 0 Å². The number of carbonyl (C=O) groups is 2. The molecule has 0 aliphatic heterocycles. The summed E-state index contributed by atoms with van der Waals surface area (Å²) < 4.78 is 55.1. The van der Waals surface area contributed by atoms with Gasteiger partial charge in [-0.3, -0.25) is 9.59 Å². The van der Waals surface area contributed by atoms with E-state index in [9.17, 15) is 26.4 Å². The molecule has 2 aromatic carbocycles. The maximum absolute atomic E-state index is 12.2. The molecule has 206 valence electrons. The molecule has 0 amide bonds. The van der Waals surface area contributed by atoms with Crippen LogP contribution in [-0.2, 0) is 34.4 Å². The molecule has 0 aliphatic carbocycles. The van der Waals surface area contributed by atoms with E-state index < -0.39 is 32.0 Å². The van der Waals surface area contributed by atoms with Crippen LogP contribution in [0, 0.1) is 0 Å². The van der Waals surface area contributed by atoms with Crippen LogP contribution in [0.15, 0.2) is 46.2 Å². The first kappa shape index (κ1) is 33.4. The first-order valence-electron chi connectivity index (χ1n) is 10.2. The molecule has 0 spiro atoms. The largest absolute Gasteiger partial charge is 0.481 e. The van der Waals surface area contributed by atoms with Crippen molar-refractivity contribution in [2.45, 2.75) is 22.6 Å². The Morgan fingerprint density at radius 3 is 1.51 bits per heavy atom. The molecule has 2 rings (SSSR count). The Kier molecular flexibility index (Phi) is 13.1. The van der Waals surface area contributed by atoms with E-state index in [1.54, 1.807) is 0 Å². The van der Waals surface area contributed by atoms with Gasteiger partial charge in [0.15, 0.2) is 0 Å². The molecule has 0 aliphatic rings. The average Bonchev–Trinajstić information content (AvgIpc) is 2.83. The summed E-state index contributed by atoms with van der Waals surface area (Å²) in [7, 11) is -3.74. The third-order valence-corrected chi connectivity index (χ3v) is 10.4. The van der Waals surface area contributed by atoms with Crippen molar-refractivity contribution in [3.8, 4) is 0 Å². The molecule has 0 aromatic heterocycles. The third-order valence-electron chi connectivity index (χ3n) is 4.71. The molecule has 37 heavy (non-hydrogen) atoms. The van der Waals surface area contributed by atoms with Gasteiger partial charge in [-0.05, 0) is 24.3 Å². The van der Waals surface area contributed by atoms with Gasteiger partial charge in [-0.1, -0.05) is 58.5 Å². The summed E-state index contributed by atoms with van der Waals surface area (Å²) in [6.07, 6.45) is -0.321. The van der Waals surface area contributed by atoms with Crippen LogP contribution in [0.1, 0.15) is 12.8 Å².